The van der Waals surface area contributed by atoms with Crippen LogP contribution in [0.1, 0.15) is 44.0 Å². The van der Waals surface area contributed by atoms with Crippen molar-refractivity contribution in [3.63, 3.8) is 0 Å². The van der Waals surface area contributed by atoms with Gasteiger partial charge in [0, 0.05) is 16.8 Å². The number of nitrogens with zero attached hydrogens (tertiary/aromatic N) is 4. The Balaban J connectivity index is 1.76. The minimum atomic E-state index is -0.361. The van der Waals surface area contributed by atoms with E-state index in [-0.39, 0.29) is 5.54 Å². The first kappa shape index (κ1) is 19.7. The van der Waals surface area contributed by atoms with Crippen molar-refractivity contribution in [1.82, 2.24) is 20.2 Å². The number of hydrogen-bond donors (Lipinski definition) is 1. The summed E-state index contributed by atoms with van der Waals surface area (Å²) in [5.41, 5.74) is 2.53. The molecule has 0 atom stereocenters. The highest BCUT2D eigenvalue weighted by atomic mass is 35.5. The van der Waals surface area contributed by atoms with E-state index in [2.05, 4.69) is 33.8 Å². The molecule has 0 bridgehead atoms. The van der Waals surface area contributed by atoms with Gasteiger partial charge in [0.05, 0.1) is 18.3 Å². The summed E-state index contributed by atoms with van der Waals surface area (Å²) in [5, 5.41) is 17.3. The van der Waals surface area contributed by atoms with Crippen molar-refractivity contribution in [3.8, 4) is 11.4 Å². The van der Waals surface area contributed by atoms with Gasteiger partial charge in [0.1, 0.15) is 5.75 Å². The van der Waals surface area contributed by atoms with Crippen molar-refractivity contribution < 1.29 is 4.74 Å². The van der Waals surface area contributed by atoms with E-state index in [9.17, 15) is 0 Å². The van der Waals surface area contributed by atoms with Crippen LogP contribution in [0.25, 0.3) is 5.69 Å². The van der Waals surface area contributed by atoms with Gasteiger partial charge in [-0.2, -0.15) is 4.68 Å². The lowest BCUT2D eigenvalue weighted by Gasteiger charge is -2.39. The maximum absolute atomic E-state index is 6.37. The molecule has 3 aromatic rings. The largest absolute Gasteiger partial charge is 0.497 e. The van der Waals surface area contributed by atoms with E-state index in [1.807, 2.05) is 48.0 Å². The highest BCUT2D eigenvalue weighted by Crippen LogP contribution is 2.42. The molecule has 1 aliphatic carbocycles. The first-order chi connectivity index (χ1) is 14.0. The maximum Gasteiger partial charge on any atom is 0.181 e. The number of aromatic nitrogens is 4. The predicted octanol–water partition coefficient (Wildman–Crippen LogP) is 5.15. The van der Waals surface area contributed by atoms with Gasteiger partial charge in [0.15, 0.2) is 5.82 Å². The zero-order chi connectivity index (χ0) is 20.4. The van der Waals surface area contributed by atoms with Crippen molar-refractivity contribution in [2.24, 2.45) is 5.92 Å². The van der Waals surface area contributed by atoms with Gasteiger partial charge in [0.25, 0.3) is 0 Å². The van der Waals surface area contributed by atoms with Crippen LogP contribution in [0.5, 0.6) is 5.75 Å². The lowest BCUT2D eigenvalue weighted by Crippen LogP contribution is -2.41. The van der Waals surface area contributed by atoms with Crippen LogP contribution in [0.3, 0.4) is 0 Å². The van der Waals surface area contributed by atoms with Crippen LogP contribution in [-0.2, 0) is 5.54 Å². The molecule has 0 amide bonds. The van der Waals surface area contributed by atoms with Crippen LogP contribution in [0.15, 0.2) is 42.5 Å². The van der Waals surface area contributed by atoms with E-state index < -0.39 is 0 Å². The second kappa shape index (κ2) is 8.03. The average Bonchev–Trinajstić information content (AvgIpc) is 3.23. The topological polar surface area (TPSA) is 64.9 Å². The Morgan fingerprint density at radius 1 is 1.17 bits per heavy atom. The number of nitrogens with one attached hydrogen (secondary N) is 1. The van der Waals surface area contributed by atoms with Crippen molar-refractivity contribution in [3.05, 3.63) is 58.9 Å². The summed E-state index contributed by atoms with van der Waals surface area (Å²) in [6, 6.07) is 13.9. The third-order valence-corrected chi connectivity index (χ3v) is 6.29. The van der Waals surface area contributed by atoms with Gasteiger partial charge in [-0.1, -0.05) is 30.7 Å². The quantitative estimate of drug-likeness (QED) is 0.628. The Kier molecular flexibility index (Phi) is 5.46. The standard InChI is InChI=1S/C22H26ClN5O/c1-15-9-11-22(12-10-15,24-17-5-4-6-19(13-17)29-3)21-25-26-27-28(21)18-8-7-16(2)20(23)14-18/h4-8,13-15,24H,9-12H2,1-3H3. The molecule has 0 aliphatic heterocycles. The fourth-order valence-corrected chi connectivity index (χ4v) is 4.18. The van der Waals surface area contributed by atoms with Crippen LogP contribution in [0.2, 0.25) is 5.02 Å². The number of aryl methyl sites for hydroxylation is 1. The van der Waals surface area contributed by atoms with Gasteiger partial charge >= 0.3 is 0 Å². The molecule has 0 spiro atoms. The summed E-state index contributed by atoms with van der Waals surface area (Å²) in [5.74, 6) is 2.32. The van der Waals surface area contributed by atoms with Crippen molar-refractivity contribution >= 4 is 17.3 Å². The molecule has 1 aliphatic rings. The van der Waals surface area contributed by atoms with E-state index in [1.54, 1.807) is 7.11 Å². The number of halogens is 1. The molecule has 0 unspecified atom stereocenters. The lowest BCUT2D eigenvalue weighted by molar-refractivity contribution is 0.255. The summed E-state index contributed by atoms with van der Waals surface area (Å²) in [6.45, 7) is 4.29. The van der Waals surface area contributed by atoms with Crippen molar-refractivity contribution in [1.29, 1.82) is 0 Å². The lowest BCUT2D eigenvalue weighted by atomic mass is 9.76. The Hall–Kier alpha value is -2.60. The number of hydrogen-bond acceptors (Lipinski definition) is 5. The third kappa shape index (κ3) is 3.94. The molecule has 1 heterocycles. The molecule has 1 aromatic heterocycles. The number of methoxy groups -OCH3 is 1. The molecule has 1 N–H and O–H groups in total. The Morgan fingerprint density at radius 2 is 1.97 bits per heavy atom. The van der Waals surface area contributed by atoms with Crippen LogP contribution in [0.4, 0.5) is 5.69 Å². The Morgan fingerprint density at radius 3 is 2.69 bits per heavy atom. The maximum atomic E-state index is 6.37. The van der Waals surface area contributed by atoms with Gasteiger partial charge < -0.3 is 10.1 Å². The number of tetrazole rings is 1. The minimum absolute atomic E-state index is 0.361. The molecule has 7 heteroatoms. The second-order valence-electron chi connectivity index (χ2n) is 7.97. The Bertz CT molecular complexity index is 994. The Labute approximate surface area is 176 Å². The minimum Gasteiger partial charge on any atom is -0.497 e. The van der Waals surface area contributed by atoms with E-state index in [0.717, 1.165) is 54.2 Å². The fraction of sp³-hybridized carbons (Fsp3) is 0.409. The van der Waals surface area contributed by atoms with Gasteiger partial charge in [-0.15, -0.1) is 5.10 Å². The predicted molar refractivity (Wildman–Crippen MR) is 115 cm³/mol. The average molecular weight is 412 g/mol. The molecule has 4 rings (SSSR count). The fourth-order valence-electron chi connectivity index (χ4n) is 4.01. The molecule has 1 fully saturated rings. The highest BCUT2D eigenvalue weighted by molar-refractivity contribution is 6.31. The zero-order valence-electron chi connectivity index (χ0n) is 17.0. The smallest absolute Gasteiger partial charge is 0.181 e. The van der Waals surface area contributed by atoms with Crippen LogP contribution >= 0.6 is 11.6 Å². The van der Waals surface area contributed by atoms with Gasteiger partial charge in [0.2, 0.25) is 0 Å². The number of anilines is 1. The first-order valence-electron chi connectivity index (χ1n) is 9.98. The van der Waals surface area contributed by atoms with E-state index >= 15 is 0 Å². The SMILES string of the molecule is COc1cccc(NC2(c3nnnn3-c3ccc(C)c(Cl)c3)CCC(C)CC2)c1. The monoisotopic (exact) mass is 411 g/mol. The summed E-state index contributed by atoms with van der Waals surface area (Å²) >= 11 is 6.37. The van der Waals surface area contributed by atoms with Gasteiger partial charge in [-0.25, -0.2) is 0 Å². The summed E-state index contributed by atoms with van der Waals surface area (Å²) in [7, 11) is 1.68. The number of benzene rings is 2. The first-order valence-corrected chi connectivity index (χ1v) is 10.4. The van der Waals surface area contributed by atoms with E-state index in [1.165, 1.54) is 0 Å². The number of rotatable bonds is 5. The van der Waals surface area contributed by atoms with Gasteiger partial charge in [-0.05, 0) is 78.8 Å². The number of ether oxygens (including phenoxy) is 1. The van der Waals surface area contributed by atoms with Gasteiger partial charge in [-0.3, -0.25) is 0 Å². The van der Waals surface area contributed by atoms with Crippen LogP contribution < -0.4 is 10.1 Å². The third-order valence-electron chi connectivity index (χ3n) is 5.88. The highest BCUT2D eigenvalue weighted by Gasteiger charge is 2.41. The summed E-state index contributed by atoms with van der Waals surface area (Å²) in [6.07, 6.45) is 4.12. The van der Waals surface area contributed by atoms with Crippen molar-refractivity contribution in [2.45, 2.75) is 45.1 Å². The summed E-state index contributed by atoms with van der Waals surface area (Å²) in [4.78, 5) is 0. The molecule has 152 valence electrons. The van der Waals surface area contributed by atoms with Crippen molar-refractivity contribution in [2.75, 3.05) is 12.4 Å². The summed E-state index contributed by atoms with van der Waals surface area (Å²) < 4.78 is 7.22. The van der Waals surface area contributed by atoms with E-state index in [0.29, 0.717) is 10.9 Å². The molecule has 0 saturated heterocycles. The van der Waals surface area contributed by atoms with E-state index in [4.69, 9.17) is 16.3 Å². The molecule has 2 aromatic carbocycles. The molecule has 6 nitrogen and oxygen atoms in total. The molecular weight excluding hydrogens is 386 g/mol. The normalized spacial score (nSPS) is 21.7. The molecule has 29 heavy (non-hydrogen) atoms. The molecule has 0 radical (unpaired) electrons. The van der Waals surface area contributed by atoms with Crippen LogP contribution in [-0.4, -0.2) is 27.3 Å². The molecule has 1 saturated carbocycles. The molecular formula is C22H26ClN5O. The zero-order valence-corrected chi connectivity index (χ0v) is 17.8. The second-order valence-corrected chi connectivity index (χ2v) is 8.38. The van der Waals surface area contributed by atoms with Crippen LogP contribution in [0, 0.1) is 12.8 Å².